The number of phenols is 6. The number of carboxylic acids is 1. The molecule has 33 nitrogen and oxygen atoms in total. The molecule has 1 aromatic heterocycles. The molecule has 0 saturated heterocycles. The maximum Gasteiger partial charge on any atom is 1.00 e. The van der Waals surface area contributed by atoms with E-state index < -0.39 is 36.7 Å². The summed E-state index contributed by atoms with van der Waals surface area (Å²) in [6.07, 6.45) is 0. The topological polar surface area (TPSA) is 523 Å². The van der Waals surface area contributed by atoms with Gasteiger partial charge in [-0.15, -0.1) is 0 Å². The van der Waals surface area contributed by atoms with Gasteiger partial charge in [0.1, 0.15) is 79.7 Å². The Kier molecular flexibility index (Phi) is 61.5. The first-order valence-electron chi connectivity index (χ1n) is 41.3. The molecule has 0 fully saturated rings. The second-order valence-electron chi connectivity index (χ2n) is 28.5. The second-order valence-corrected chi connectivity index (χ2v) is 31.6. The average Bonchev–Trinajstić information content (AvgIpc) is 1.59. The van der Waals surface area contributed by atoms with Crippen LogP contribution in [0.5, 0.6) is 57.5 Å². The van der Waals surface area contributed by atoms with Gasteiger partial charge in [-0.25, -0.2) is 19.2 Å². The molecule has 41 heteroatoms. The fourth-order valence-electron chi connectivity index (χ4n) is 12.9. The number of halogens is 3. The summed E-state index contributed by atoms with van der Waals surface area (Å²) in [5.74, 6) is 6.00. The standard InChI is InChI=1S/C24H17N3O2S.C18H20O6.C16H17NO.C12H15BrO6.C11H7NS.C8H7BrO4.C7H5BrO4.C6H7BO2.2CH4.CH3.H4N2.Na.H2O.Pd/c28-21-14-22(29)19(13-18(21)16-7-2-1-3-8-16)23-25-26-24(30)27(23)20-12-6-10-15-9-4-5-11-17(15)20;1-20-11-23-16-10-17(24-12-21-2)15(18(19)22-3)9-14(16)13-7-5-4-6-8-13;1-11-8-12(2)15(16(18)10-17)9-14(11)13-6-4-3-5-7-13;1-15-6-18-10-5-11(19-7-16-2)9(13)4-8(10)12(14)17-3;13-8-12-11-7-3-5-9-4-1-2-6-10(9)11;1-13-8(12)4-2-5(9)7(11)3-6(4)10;8-4-1-3(7(11)12)5(9)2-6(4)10;8-7(9)6-4-2-1-3-5-6;;;;1-2;;;/h1-14,28-29H,(H,26,30);4-10H,11-12H2,1-3H3;3-9H,10,17H2,1-2H3;4-5H,6-7H2,1-3H3;1-7H;2-3,10-11H,1H3;1-2,9-10H,(H,11,12);1-5,8-9H;2*1H4;1H3;1-2H2;;1H2;/q;;;;;;;;;;-1;;+1;;/p-1. The molecule has 15 rings (SSSR count). The Morgan fingerprint density at radius 2 is 0.822 bits per heavy atom. The number of hydrogen-bond donors (Lipinski definition) is 13. The van der Waals surface area contributed by atoms with Crippen molar-refractivity contribution in [2.75, 3.05) is 83.5 Å². The van der Waals surface area contributed by atoms with Crippen molar-refractivity contribution in [1.82, 2.24) is 14.8 Å². The molecule has 14 aromatic carbocycles. The number of H-pyrrole nitrogens is 1. The first-order valence-corrected chi connectivity index (χ1v) is 44.5. The Morgan fingerprint density at radius 1 is 0.438 bits per heavy atom. The number of ketones is 1. The van der Waals surface area contributed by atoms with Crippen molar-refractivity contribution in [2.24, 2.45) is 22.4 Å². The Morgan fingerprint density at radius 3 is 1.29 bits per heavy atom. The minimum Gasteiger partial charge on any atom is -0.870 e. The molecule has 0 aliphatic carbocycles. The van der Waals surface area contributed by atoms with Crippen LogP contribution in [-0.4, -0.2) is 191 Å². The number of methoxy groups -OCH3 is 7. The fraction of sp³-hybridized carbons (Fsp3) is 0.152. The molecule has 0 bridgehead atoms. The molecule has 0 radical (unpaired) electrons. The number of aliphatic imine (C=N–C) groups is 1. The summed E-state index contributed by atoms with van der Waals surface area (Å²) in [4.78, 5) is 61.0. The van der Waals surface area contributed by atoms with Crippen LogP contribution < -0.4 is 71.4 Å². The zero-order chi connectivity index (χ0) is 102. The van der Waals surface area contributed by atoms with Crippen molar-refractivity contribution < 1.29 is 177 Å². The summed E-state index contributed by atoms with van der Waals surface area (Å²) in [6, 6.07) is 83.8. The van der Waals surface area contributed by atoms with Crippen molar-refractivity contribution >= 4 is 147 Å². The van der Waals surface area contributed by atoms with Crippen molar-refractivity contribution in [3.63, 3.8) is 0 Å². The van der Waals surface area contributed by atoms with Crippen LogP contribution in [0.2, 0.25) is 0 Å². The molecule has 0 unspecified atom stereocenters. The monoisotopic (exact) mass is 2330 g/mol. The van der Waals surface area contributed by atoms with Gasteiger partial charge < -0.3 is 117 Å². The number of hydrazine groups is 1. The summed E-state index contributed by atoms with van der Waals surface area (Å²) < 4.78 is 58.6. The van der Waals surface area contributed by atoms with Crippen LogP contribution in [0, 0.1) is 26.0 Å². The van der Waals surface area contributed by atoms with Crippen molar-refractivity contribution in [2.45, 2.75) is 28.7 Å². The molecular weight excluding hydrogens is 2220 g/mol. The number of nitrogens with zero attached hydrogens (tertiary/aromatic N) is 3. The number of aromatic nitrogens is 3. The molecule has 0 spiro atoms. The number of fused-ring (bicyclic) bond motifs is 2. The van der Waals surface area contributed by atoms with E-state index >= 15 is 0 Å². The summed E-state index contributed by atoms with van der Waals surface area (Å²) in [5, 5.41) is 97.1. The maximum atomic E-state index is 12.1. The van der Waals surface area contributed by atoms with Crippen molar-refractivity contribution in [3.8, 4) is 108 Å². The molecule has 770 valence electrons. The summed E-state index contributed by atoms with van der Waals surface area (Å²) >= 11 is 19.3. The fourth-order valence-corrected chi connectivity index (χ4v) is 14.3. The van der Waals surface area contributed by atoms with Gasteiger partial charge >= 0.3 is 60.6 Å². The molecule has 0 atom stereocenters. The molecular formula is C105H111BBr3N7NaO26PdS2-. The van der Waals surface area contributed by atoms with Crippen molar-refractivity contribution in [1.29, 1.82) is 0 Å². The van der Waals surface area contributed by atoms with E-state index in [1.807, 2.05) is 189 Å². The third-order valence-corrected chi connectivity index (χ3v) is 21.7. The van der Waals surface area contributed by atoms with E-state index in [2.05, 4.69) is 121 Å². The number of hydrogen-bond acceptors (Lipinski definition) is 32. The number of rotatable bonds is 25. The first-order chi connectivity index (χ1) is 67.4. The van der Waals surface area contributed by atoms with Gasteiger partial charge in [0.05, 0.1) is 63.4 Å². The molecule has 146 heavy (non-hydrogen) atoms. The van der Waals surface area contributed by atoms with Crippen LogP contribution in [0.3, 0.4) is 0 Å². The summed E-state index contributed by atoms with van der Waals surface area (Å²) in [6.45, 7) is 4.23. The molecule has 17 N–H and O–H groups in total. The van der Waals surface area contributed by atoms with Gasteiger partial charge in [-0.1, -0.05) is 215 Å². The largest absolute Gasteiger partial charge is 1.00 e. The number of nitrogens with two attached hydrogens (primary N) is 3. The third-order valence-electron chi connectivity index (χ3n) is 19.4. The Balaban J connectivity index is 0.000000848. The summed E-state index contributed by atoms with van der Waals surface area (Å²) in [7, 11) is 8.52. The minimum atomic E-state index is -1.34. The smallest absolute Gasteiger partial charge is 0.870 e. The number of phenolic OH excluding ortho intramolecular Hbond substituents is 5. The van der Waals surface area contributed by atoms with Gasteiger partial charge in [0.15, 0.2) is 43.6 Å². The average molecular weight is 2330 g/mol. The Bertz CT molecular complexity index is 6790. The number of aromatic amines is 1. The number of ether oxygens (including phenoxy) is 11. The van der Waals surface area contributed by atoms with Gasteiger partial charge in [0.2, 0.25) is 0 Å². The van der Waals surface area contributed by atoms with Crippen LogP contribution >= 0.6 is 72.2 Å². The van der Waals surface area contributed by atoms with Crippen LogP contribution in [0.15, 0.2) is 297 Å². The molecule has 15 aromatic rings. The molecule has 0 aliphatic heterocycles. The minimum absolute atomic E-state index is 0. The third kappa shape index (κ3) is 38.2. The SMILES string of the molecule is C.C.COC(=O)c1cc(Br)c(O)cc1O.COCOc1cc(OCOC)c(-c2ccccc2)cc1C(=O)OC.COCOc1cc(OCOC)c(C(=O)OC)cc1Br.Cc1cc(C)c(-c2ccccc2)cc1C(=O)CN.NN.O=C(O)c1cc(Br)c(O)cc1O.OB(O)c1ccccc1.Oc1cc(O)c(-c2n[nH]c(=S)n2-c2cccc3ccccc23)cc1-c1ccccc1.S=C=Nc1cccc2ccccc12.[CH3-].[Na+].[OH-].[Pd]. The van der Waals surface area contributed by atoms with E-state index in [4.69, 9.17) is 91.1 Å². The number of benzene rings is 14. The number of aryl methyl sites for hydroxylation is 2. The number of carbonyl (C=O) groups is 5. The number of aromatic hydroxyl groups is 6. The number of aromatic carboxylic acids is 1. The number of nitrogens with one attached hydrogen (secondary N) is 1. The molecule has 0 aliphatic rings. The van der Waals surface area contributed by atoms with Gasteiger partial charge in [-0.05, 0) is 184 Å². The zero-order valence-corrected chi connectivity index (χ0v) is 89.5. The number of esters is 3. The van der Waals surface area contributed by atoms with Crippen LogP contribution in [0.25, 0.3) is 72.0 Å². The predicted molar refractivity (Wildman–Crippen MR) is 572 cm³/mol. The first kappa shape index (κ1) is 131. The van der Waals surface area contributed by atoms with E-state index in [1.165, 1.54) is 72.9 Å². The van der Waals surface area contributed by atoms with E-state index in [0.717, 1.165) is 84.7 Å². The number of carbonyl (C=O) groups excluding carboxylic acids is 4. The normalized spacial score (nSPS) is 9.68. The number of thiocarbonyl (C=S) groups is 1. The van der Waals surface area contributed by atoms with Gasteiger partial charge in [-0.2, -0.15) is 10.1 Å². The van der Waals surface area contributed by atoms with Gasteiger partial charge in [0, 0.05) is 107 Å². The summed E-state index contributed by atoms with van der Waals surface area (Å²) in [5.41, 5.74) is 16.7. The maximum absolute atomic E-state index is 12.1. The van der Waals surface area contributed by atoms with E-state index in [0.29, 0.717) is 59.1 Å². The Labute approximate surface area is 917 Å². The molecule has 0 amide bonds. The van der Waals surface area contributed by atoms with E-state index in [-0.39, 0.29) is 173 Å². The number of carboxylic acid groups (broad SMARTS) is 1. The Hall–Kier alpha value is -12.9. The molecule has 1 heterocycles. The molecule has 0 saturated carbocycles. The zero-order valence-electron chi connectivity index (χ0n) is 79.5. The van der Waals surface area contributed by atoms with E-state index in [1.54, 1.807) is 59.2 Å². The van der Waals surface area contributed by atoms with Crippen LogP contribution in [-0.2, 0) is 53.6 Å². The quantitative estimate of drug-likeness (QED) is 0.00241. The number of isothiocyanates is 1. The van der Waals surface area contributed by atoms with Gasteiger partial charge in [0.25, 0.3) is 0 Å². The number of Topliss-reactive ketones (excluding diaryl/α,β-unsaturated/α-hetero) is 1. The van der Waals surface area contributed by atoms with E-state index in [9.17, 15) is 39.3 Å². The van der Waals surface area contributed by atoms with Gasteiger partial charge in [-0.3, -0.25) is 26.1 Å². The predicted octanol–water partition coefficient (Wildman–Crippen LogP) is 17.8. The van der Waals surface area contributed by atoms with Crippen molar-refractivity contribution in [3.05, 3.63) is 344 Å². The second kappa shape index (κ2) is 68.4. The van der Waals surface area contributed by atoms with Crippen LogP contribution in [0.4, 0.5) is 5.69 Å². The van der Waals surface area contributed by atoms with Crippen LogP contribution in [0.1, 0.15) is 77.8 Å².